The van der Waals surface area contributed by atoms with E-state index in [9.17, 15) is 14.7 Å². The minimum atomic E-state index is -0.494. The molecule has 2 N–H and O–H groups in total. The van der Waals surface area contributed by atoms with Crippen molar-refractivity contribution < 1.29 is 24.2 Å². The van der Waals surface area contributed by atoms with Crippen molar-refractivity contribution in [1.29, 1.82) is 0 Å². The number of aliphatic hydroxyl groups is 1. The maximum absolute atomic E-state index is 12.8. The summed E-state index contributed by atoms with van der Waals surface area (Å²) in [6.07, 6.45) is 1.21. The maximum Gasteiger partial charge on any atom is 0.257 e. The fraction of sp³-hybridized carbons (Fsp3) is 0.261. The van der Waals surface area contributed by atoms with Crippen molar-refractivity contribution in [2.45, 2.75) is 13.0 Å². The number of amides is 2. The molecule has 9 nitrogen and oxygen atoms in total. The summed E-state index contributed by atoms with van der Waals surface area (Å²) in [5.74, 6) is 0.705. The summed E-state index contributed by atoms with van der Waals surface area (Å²) in [7, 11) is 5.04. The highest BCUT2D eigenvalue weighted by Crippen LogP contribution is 2.33. The first kappa shape index (κ1) is 24.1. The first-order valence-electron chi connectivity index (χ1n) is 10.1. The van der Waals surface area contributed by atoms with Crippen LogP contribution in [0.1, 0.15) is 27.6 Å². The number of anilines is 1. The molecule has 2 amide bonds. The second-order valence-electron chi connectivity index (χ2n) is 7.58. The molecule has 0 aliphatic heterocycles. The van der Waals surface area contributed by atoms with Crippen LogP contribution in [0.4, 0.5) is 5.82 Å². The fourth-order valence-corrected chi connectivity index (χ4v) is 3.09. The number of aliphatic hydroxyl groups excluding tert-OH is 1. The van der Waals surface area contributed by atoms with Crippen LogP contribution in [0, 0.1) is 0 Å². The Kier molecular flexibility index (Phi) is 7.57. The number of nitrogens with one attached hydrogen (secondary N) is 1. The molecule has 0 bridgehead atoms. The molecule has 0 spiro atoms. The predicted octanol–water partition coefficient (Wildman–Crippen LogP) is 3.58. The van der Waals surface area contributed by atoms with Gasteiger partial charge in [0.25, 0.3) is 11.8 Å². The third kappa shape index (κ3) is 6.24. The van der Waals surface area contributed by atoms with Gasteiger partial charge in [-0.3, -0.25) is 14.3 Å². The Balaban J connectivity index is 1.90. The zero-order chi connectivity index (χ0) is 24.1. The first-order chi connectivity index (χ1) is 15.7. The summed E-state index contributed by atoms with van der Waals surface area (Å²) < 4.78 is 13.2. The summed E-state index contributed by atoms with van der Waals surface area (Å²) in [4.78, 5) is 26.4. The second-order valence-corrected chi connectivity index (χ2v) is 7.99. The maximum atomic E-state index is 12.8. The number of halogens is 1. The molecule has 33 heavy (non-hydrogen) atoms. The molecule has 2 aromatic carbocycles. The summed E-state index contributed by atoms with van der Waals surface area (Å²) in [6.45, 7) is 1.49. The highest BCUT2D eigenvalue weighted by atomic mass is 35.5. The molecular weight excluding hydrogens is 448 g/mol. The number of nitrogens with zero attached hydrogens (tertiary/aromatic N) is 3. The van der Waals surface area contributed by atoms with Crippen molar-refractivity contribution in [2.24, 2.45) is 7.05 Å². The number of aryl methyl sites for hydroxylation is 1. The van der Waals surface area contributed by atoms with Gasteiger partial charge in [0.05, 0.1) is 11.6 Å². The summed E-state index contributed by atoms with van der Waals surface area (Å²) >= 11 is 6.34. The Bertz CT molecular complexity index is 1160. The van der Waals surface area contributed by atoms with Gasteiger partial charge in [0.15, 0.2) is 5.82 Å². The molecule has 1 aromatic heterocycles. The Hall–Kier alpha value is -3.56. The Labute approximate surface area is 196 Å². The van der Waals surface area contributed by atoms with E-state index in [1.807, 2.05) is 0 Å². The summed E-state index contributed by atoms with van der Waals surface area (Å²) in [5.41, 5.74) is 0.676. The third-order valence-corrected chi connectivity index (χ3v) is 4.80. The lowest BCUT2D eigenvalue weighted by molar-refractivity contribution is 0.0827. The Morgan fingerprint density at radius 1 is 1.15 bits per heavy atom. The van der Waals surface area contributed by atoms with E-state index in [2.05, 4.69) is 10.4 Å². The van der Waals surface area contributed by atoms with Gasteiger partial charge in [-0.25, -0.2) is 0 Å². The molecule has 0 unspecified atom stereocenters. The van der Waals surface area contributed by atoms with Crippen LogP contribution in [0.25, 0.3) is 0 Å². The zero-order valence-electron chi connectivity index (χ0n) is 18.7. The van der Waals surface area contributed by atoms with Crippen molar-refractivity contribution in [1.82, 2.24) is 14.7 Å². The highest BCUT2D eigenvalue weighted by Gasteiger charge is 2.16. The van der Waals surface area contributed by atoms with Gasteiger partial charge in [-0.2, -0.15) is 5.10 Å². The monoisotopic (exact) mass is 472 g/mol. The standard InChI is InChI=1S/C23H25ClN4O5/c1-14(13-29)32-17-9-16(22(30)25-21-7-8-28(4)26-21)10-18(12-17)33-20-6-5-15(11-19(20)24)23(31)27(2)3/h5-12,14,29H,13H2,1-4H3,(H,25,26,30)/t14-/m0/s1. The van der Waals surface area contributed by atoms with Gasteiger partial charge < -0.3 is 24.8 Å². The first-order valence-corrected chi connectivity index (χ1v) is 10.5. The third-order valence-electron chi connectivity index (χ3n) is 4.50. The Morgan fingerprint density at radius 3 is 2.48 bits per heavy atom. The minimum absolute atomic E-state index is 0.190. The van der Waals surface area contributed by atoms with E-state index in [-0.39, 0.29) is 28.8 Å². The predicted molar refractivity (Wildman–Crippen MR) is 124 cm³/mol. The van der Waals surface area contributed by atoms with E-state index >= 15 is 0 Å². The van der Waals surface area contributed by atoms with Crippen molar-refractivity contribution in [3.05, 3.63) is 64.8 Å². The van der Waals surface area contributed by atoms with Crippen LogP contribution < -0.4 is 14.8 Å². The number of ether oxygens (including phenoxy) is 2. The van der Waals surface area contributed by atoms with Gasteiger partial charge in [-0.15, -0.1) is 0 Å². The van der Waals surface area contributed by atoms with Crippen LogP contribution >= 0.6 is 11.6 Å². The van der Waals surface area contributed by atoms with Gasteiger partial charge in [0.1, 0.15) is 23.4 Å². The number of aromatic nitrogens is 2. The SMILES string of the molecule is C[C@@H](CO)Oc1cc(Oc2ccc(C(=O)N(C)C)cc2Cl)cc(C(=O)Nc2ccn(C)n2)c1. The average Bonchev–Trinajstić information content (AvgIpc) is 3.18. The van der Waals surface area contributed by atoms with Crippen LogP contribution in [0.5, 0.6) is 17.2 Å². The number of benzene rings is 2. The van der Waals surface area contributed by atoms with Crippen LogP contribution in [0.15, 0.2) is 48.7 Å². The van der Waals surface area contributed by atoms with E-state index < -0.39 is 12.0 Å². The molecule has 3 rings (SSSR count). The van der Waals surface area contributed by atoms with Crippen molar-refractivity contribution in [2.75, 3.05) is 26.0 Å². The lowest BCUT2D eigenvalue weighted by atomic mass is 10.1. The number of carbonyl (C=O) groups is 2. The Morgan fingerprint density at radius 2 is 1.88 bits per heavy atom. The zero-order valence-corrected chi connectivity index (χ0v) is 19.5. The smallest absolute Gasteiger partial charge is 0.257 e. The van der Waals surface area contributed by atoms with E-state index in [0.29, 0.717) is 22.9 Å². The number of rotatable bonds is 8. The molecule has 0 aliphatic carbocycles. The molecule has 1 heterocycles. The number of carbonyl (C=O) groups excluding carboxylic acids is 2. The van der Waals surface area contributed by atoms with Gasteiger partial charge in [0.2, 0.25) is 0 Å². The van der Waals surface area contributed by atoms with Gasteiger partial charge >= 0.3 is 0 Å². The van der Waals surface area contributed by atoms with Crippen molar-refractivity contribution in [3.63, 3.8) is 0 Å². The molecule has 10 heteroatoms. The average molecular weight is 473 g/mol. The van der Waals surface area contributed by atoms with Gasteiger partial charge in [-0.05, 0) is 37.3 Å². The molecule has 0 radical (unpaired) electrons. The van der Waals surface area contributed by atoms with Crippen LogP contribution in [-0.2, 0) is 7.05 Å². The fourth-order valence-electron chi connectivity index (χ4n) is 2.87. The van der Waals surface area contributed by atoms with Crippen LogP contribution in [0.2, 0.25) is 5.02 Å². The van der Waals surface area contributed by atoms with Gasteiger partial charge in [0, 0.05) is 50.6 Å². The van der Waals surface area contributed by atoms with Crippen molar-refractivity contribution >= 4 is 29.2 Å². The van der Waals surface area contributed by atoms with E-state index in [1.165, 1.54) is 23.1 Å². The molecule has 0 saturated heterocycles. The minimum Gasteiger partial charge on any atom is -0.488 e. The van der Waals surface area contributed by atoms with E-state index in [1.54, 1.807) is 63.2 Å². The molecular formula is C23H25ClN4O5. The normalized spacial score (nSPS) is 11.6. The highest BCUT2D eigenvalue weighted by molar-refractivity contribution is 6.32. The summed E-state index contributed by atoms with van der Waals surface area (Å²) in [5, 5.41) is 16.4. The molecule has 0 saturated carbocycles. The number of hydrogen-bond donors (Lipinski definition) is 2. The van der Waals surface area contributed by atoms with E-state index in [4.69, 9.17) is 21.1 Å². The largest absolute Gasteiger partial charge is 0.488 e. The van der Waals surface area contributed by atoms with Crippen molar-refractivity contribution in [3.8, 4) is 17.2 Å². The molecule has 1 atom stereocenters. The van der Waals surface area contributed by atoms with Gasteiger partial charge in [-0.1, -0.05) is 11.6 Å². The van der Waals surface area contributed by atoms with E-state index in [0.717, 1.165) is 0 Å². The number of hydrogen-bond acceptors (Lipinski definition) is 6. The lowest BCUT2D eigenvalue weighted by Crippen LogP contribution is -2.21. The lowest BCUT2D eigenvalue weighted by Gasteiger charge is -2.16. The summed E-state index contributed by atoms with van der Waals surface area (Å²) in [6, 6.07) is 11.0. The quantitative estimate of drug-likeness (QED) is 0.519. The molecule has 3 aromatic rings. The molecule has 0 aliphatic rings. The second kappa shape index (κ2) is 10.4. The van der Waals surface area contributed by atoms with Crippen LogP contribution in [0.3, 0.4) is 0 Å². The molecule has 174 valence electrons. The molecule has 0 fully saturated rings. The van der Waals surface area contributed by atoms with Crippen LogP contribution in [-0.4, -0.2) is 58.4 Å². The topological polar surface area (TPSA) is 106 Å².